The molecule has 164 valence electrons. The zero-order valence-electron chi connectivity index (χ0n) is 14.9. The van der Waals surface area contributed by atoms with Gasteiger partial charge in [-0.15, -0.1) is 0 Å². The summed E-state index contributed by atoms with van der Waals surface area (Å²) >= 11 is 17.7. The maximum Gasteiger partial charge on any atom is 0.433 e. The maximum absolute atomic E-state index is 14.2. The van der Waals surface area contributed by atoms with Crippen LogP contribution >= 0.6 is 34.8 Å². The Bertz CT molecular complexity index is 943. The molecule has 1 aliphatic rings. The average Bonchev–Trinajstić information content (AvgIpc) is 3.11. The quantitative estimate of drug-likeness (QED) is 0.405. The second kappa shape index (κ2) is 7.93. The van der Waals surface area contributed by atoms with E-state index < -0.39 is 48.6 Å². The standard InChI is InChI=1S/C18H13Cl3F6N2O/c19-11-5-10(6-12(20)14(11)21)16(18(25,26)27)3-4-29(8-16)13-2-1-9(7-30)15(28-13)17(22,23)24/h1-2,5-6,30H,3-4,7-8H2. The lowest BCUT2D eigenvalue weighted by atomic mass is 9.79. The molecular formula is C18H13Cl3F6N2O. The van der Waals surface area contributed by atoms with E-state index in [9.17, 15) is 26.3 Å². The Morgan fingerprint density at radius 1 is 1.03 bits per heavy atom. The Morgan fingerprint density at radius 2 is 1.63 bits per heavy atom. The number of aromatic nitrogens is 1. The number of aliphatic hydroxyl groups is 1. The molecule has 1 unspecified atom stereocenters. The highest BCUT2D eigenvalue weighted by Crippen LogP contribution is 2.50. The molecule has 2 heterocycles. The molecule has 1 fully saturated rings. The summed E-state index contributed by atoms with van der Waals surface area (Å²) in [7, 11) is 0. The normalized spacial score (nSPS) is 20.1. The molecule has 2 aromatic rings. The Balaban J connectivity index is 2.05. The number of alkyl halides is 6. The fourth-order valence-corrected chi connectivity index (χ4v) is 4.09. The molecule has 0 aliphatic carbocycles. The first-order valence-corrected chi connectivity index (χ1v) is 9.58. The van der Waals surface area contributed by atoms with Crippen molar-refractivity contribution in [2.24, 2.45) is 0 Å². The van der Waals surface area contributed by atoms with Crippen molar-refractivity contribution in [2.75, 3.05) is 18.0 Å². The molecule has 1 aromatic heterocycles. The van der Waals surface area contributed by atoms with Crippen molar-refractivity contribution in [3.05, 3.63) is 56.2 Å². The SMILES string of the molecule is OCc1ccc(N2CCC(c3cc(Cl)c(Cl)c(Cl)c3)(C(F)(F)F)C2)nc1C(F)(F)F. The van der Waals surface area contributed by atoms with Crippen molar-refractivity contribution in [1.29, 1.82) is 0 Å². The molecule has 1 aromatic carbocycles. The lowest BCUT2D eigenvalue weighted by Crippen LogP contribution is -2.45. The first-order chi connectivity index (χ1) is 13.8. The summed E-state index contributed by atoms with van der Waals surface area (Å²) in [4.78, 5) is 4.60. The number of benzene rings is 1. The van der Waals surface area contributed by atoms with E-state index in [-0.39, 0.29) is 33.0 Å². The van der Waals surface area contributed by atoms with Gasteiger partial charge in [0.15, 0.2) is 5.69 Å². The molecule has 0 saturated carbocycles. The van der Waals surface area contributed by atoms with Crippen LogP contribution in [0.15, 0.2) is 24.3 Å². The molecular weight excluding hydrogens is 481 g/mol. The van der Waals surface area contributed by atoms with Crippen molar-refractivity contribution in [3.63, 3.8) is 0 Å². The average molecular weight is 494 g/mol. The van der Waals surface area contributed by atoms with Crippen molar-refractivity contribution in [2.45, 2.75) is 30.8 Å². The molecule has 0 bridgehead atoms. The van der Waals surface area contributed by atoms with Gasteiger partial charge in [0.25, 0.3) is 0 Å². The lowest BCUT2D eigenvalue weighted by Gasteiger charge is -2.33. The molecule has 3 rings (SSSR count). The molecule has 3 nitrogen and oxygen atoms in total. The van der Waals surface area contributed by atoms with E-state index in [1.54, 1.807) is 0 Å². The van der Waals surface area contributed by atoms with Crippen LogP contribution in [0.5, 0.6) is 0 Å². The van der Waals surface area contributed by atoms with E-state index in [2.05, 4.69) is 4.98 Å². The van der Waals surface area contributed by atoms with Crippen LogP contribution in [0.1, 0.15) is 23.2 Å². The summed E-state index contributed by atoms with van der Waals surface area (Å²) in [5.41, 5.74) is -4.48. The van der Waals surface area contributed by atoms with E-state index in [0.717, 1.165) is 29.2 Å². The third-order valence-corrected chi connectivity index (χ3v) is 6.27. The van der Waals surface area contributed by atoms with Crippen molar-refractivity contribution in [1.82, 2.24) is 4.98 Å². The smallest absolute Gasteiger partial charge is 0.392 e. The van der Waals surface area contributed by atoms with Crippen LogP contribution in [0.25, 0.3) is 0 Å². The van der Waals surface area contributed by atoms with Crippen LogP contribution in [0.4, 0.5) is 32.2 Å². The minimum Gasteiger partial charge on any atom is -0.392 e. The van der Waals surface area contributed by atoms with Crippen molar-refractivity contribution in [3.8, 4) is 0 Å². The first-order valence-electron chi connectivity index (χ1n) is 8.45. The highest BCUT2D eigenvalue weighted by Gasteiger charge is 2.59. The van der Waals surface area contributed by atoms with Gasteiger partial charge in [-0.25, -0.2) is 4.98 Å². The molecule has 1 atom stereocenters. The number of halogens is 9. The monoisotopic (exact) mass is 492 g/mol. The molecule has 1 aliphatic heterocycles. The zero-order chi connectivity index (χ0) is 22.5. The number of rotatable bonds is 3. The van der Waals surface area contributed by atoms with Crippen LogP contribution in [0.2, 0.25) is 15.1 Å². The van der Waals surface area contributed by atoms with Gasteiger partial charge in [0.1, 0.15) is 11.2 Å². The van der Waals surface area contributed by atoms with Crippen LogP contribution in [0, 0.1) is 0 Å². The third-order valence-electron chi connectivity index (χ3n) is 5.08. The minimum absolute atomic E-state index is 0.0923. The van der Waals surface area contributed by atoms with Gasteiger partial charge in [-0.3, -0.25) is 0 Å². The Kier molecular flexibility index (Phi) is 6.14. The number of anilines is 1. The van der Waals surface area contributed by atoms with Gasteiger partial charge in [-0.2, -0.15) is 26.3 Å². The molecule has 1 saturated heterocycles. The second-order valence-electron chi connectivity index (χ2n) is 6.84. The fraction of sp³-hybridized carbons (Fsp3) is 0.389. The topological polar surface area (TPSA) is 36.4 Å². The van der Waals surface area contributed by atoms with Gasteiger partial charge < -0.3 is 10.0 Å². The van der Waals surface area contributed by atoms with Crippen LogP contribution in [0.3, 0.4) is 0 Å². The summed E-state index contributed by atoms with van der Waals surface area (Å²) in [6.07, 6.45) is -10.1. The highest BCUT2D eigenvalue weighted by molar-refractivity contribution is 6.48. The van der Waals surface area contributed by atoms with Gasteiger partial charge >= 0.3 is 12.4 Å². The van der Waals surface area contributed by atoms with Crippen LogP contribution < -0.4 is 4.90 Å². The van der Waals surface area contributed by atoms with Gasteiger partial charge in [0, 0.05) is 18.7 Å². The van der Waals surface area contributed by atoms with E-state index >= 15 is 0 Å². The number of aliphatic hydroxyl groups excluding tert-OH is 1. The van der Waals surface area contributed by atoms with E-state index in [4.69, 9.17) is 39.9 Å². The second-order valence-corrected chi connectivity index (χ2v) is 8.03. The van der Waals surface area contributed by atoms with Crippen molar-refractivity contribution < 1.29 is 31.4 Å². The number of hydrogen-bond acceptors (Lipinski definition) is 3. The Labute approximate surface area is 182 Å². The summed E-state index contributed by atoms with van der Waals surface area (Å²) in [6.45, 7) is -1.80. The molecule has 0 radical (unpaired) electrons. The van der Waals surface area contributed by atoms with Crippen molar-refractivity contribution >= 4 is 40.6 Å². The van der Waals surface area contributed by atoms with E-state index in [0.29, 0.717) is 0 Å². The summed E-state index contributed by atoms with van der Waals surface area (Å²) < 4.78 is 82.2. The minimum atomic E-state index is -4.87. The van der Waals surface area contributed by atoms with Gasteiger partial charge in [-0.1, -0.05) is 40.9 Å². The number of nitrogens with zero attached hydrogens (tertiary/aromatic N) is 2. The van der Waals surface area contributed by atoms with Gasteiger partial charge in [0.05, 0.1) is 21.7 Å². The molecule has 30 heavy (non-hydrogen) atoms. The molecule has 0 amide bonds. The van der Waals surface area contributed by atoms with Gasteiger partial charge in [-0.05, 0) is 30.2 Å². The predicted octanol–water partition coefficient (Wildman–Crippen LogP) is 6.26. The summed E-state index contributed by atoms with van der Waals surface area (Å²) in [6, 6.07) is 4.27. The summed E-state index contributed by atoms with van der Waals surface area (Å²) in [5.74, 6) is -0.281. The lowest BCUT2D eigenvalue weighted by molar-refractivity contribution is -0.184. The first kappa shape index (κ1) is 23.2. The number of hydrogen-bond donors (Lipinski definition) is 1. The van der Waals surface area contributed by atoms with E-state index in [1.807, 2.05) is 0 Å². The summed E-state index contributed by atoms with van der Waals surface area (Å²) in [5, 5.41) is 8.70. The largest absolute Gasteiger partial charge is 0.433 e. The predicted molar refractivity (Wildman–Crippen MR) is 101 cm³/mol. The molecule has 1 N–H and O–H groups in total. The molecule has 12 heteroatoms. The van der Waals surface area contributed by atoms with Gasteiger partial charge in [0.2, 0.25) is 0 Å². The maximum atomic E-state index is 14.2. The van der Waals surface area contributed by atoms with Crippen LogP contribution in [-0.4, -0.2) is 29.4 Å². The van der Waals surface area contributed by atoms with E-state index in [1.165, 1.54) is 0 Å². The fourth-order valence-electron chi connectivity index (χ4n) is 3.49. The number of pyridine rings is 1. The Morgan fingerprint density at radius 3 is 2.13 bits per heavy atom. The third kappa shape index (κ3) is 4.04. The highest BCUT2D eigenvalue weighted by atomic mass is 35.5. The Hall–Kier alpha value is -1.42. The molecule has 0 spiro atoms. The zero-order valence-corrected chi connectivity index (χ0v) is 17.1. The van der Waals surface area contributed by atoms with Crippen LogP contribution in [-0.2, 0) is 18.2 Å².